The van der Waals surface area contributed by atoms with E-state index in [0.717, 1.165) is 48.3 Å². The van der Waals surface area contributed by atoms with Crippen molar-refractivity contribution in [3.63, 3.8) is 0 Å². The molecule has 4 aromatic rings. The summed E-state index contributed by atoms with van der Waals surface area (Å²) in [5, 5.41) is 10.0. The van der Waals surface area contributed by atoms with Gasteiger partial charge in [0.25, 0.3) is 0 Å². The Morgan fingerprint density at radius 1 is 1.05 bits per heavy atom. The maximum Gasteiger partial charge on any atom is 0.409 e. The van der Waals surface area contributed by atoms with Gasteiger partial charge in [-0.25, -0.2) is 19.4 Å². The number of amides is 1. The second-order valence-corrected chi connectivity index (χ2v) is 11.1. The molecule has 2 fully saturated rings. The Morgan fingerprint density at radius 2 is 1.81 bits per heavy atom. The van der Waals surface area contributed by atoms with Gasteiger partial charge >= 0.3 is 6.09 Å². The molecule has 0 atom stereocenters. The third-order valence-corrected chi connectivity index (χ3v) is 8.03. The zero-order valence-electron chi connectivity index (χ0n) is 24.3. The van der Waals surface area contributed by atoms with Crippen molar-refractivity contribution in [2.45, 2.75) is 63.7 Å². The molecule has 1 amide bonds. The van der Waals surface area contributed by atoms with Crippen molar-refractivity contribution in [2.75, 3.05) is 39.6 Å². The van der Waals surface area contributed by atoms with Gasteiger partial charge in [0, 0.05) is 45.5 Å². The second-order valence-electron chi connectivity index (χ2n) is 11.1. The molecule has 1 saturated carbocycles. The van der Waals surface area contributed by atoms with Crippen LogP contribution in [0.25, 0.3) is 33.7 Å². The SMILES string of the molecule is COC(COC(=O)N1CCC(c2ccc(-c3c(-c4nn(C(C)C)c5ncnc(N)c45)noc3C3CC3)nc2)CC1)OC. The normalized spacial score (nSPS) is 16.2. The number of piperidine rings is 1. The smallest absolute Gasteiger partial charge is 0.409 e. The minimum Gasteiger partial charge on any atom is -0.444 e. The van der Waals surface area contributed by atoms with Gasteiger partial charge in [-0.05, 0) is 57.1 Å². The van der Waals surface area contributed by atoms with E-state index in [0.29, 0.717) is 47.2 Å². The molecular weight excluding hydrogens is 540 g/mol. The van der Waals surface area contributed by atoms with Gasteiger partial charge in [-0.2, -0.15) is 5.10 Å². The Labute approximate surface area is 243 Å². The van der Waals surface area contributed by atoms with Crippen molar-refractivity contribution in [3.05, 3.63) is 36.0 Å². The van der Waals surface area contributed by atoms with Crippen LogP contribution in [0.15, 0.2) is 29.2 Å². The molecule has 0 spiro atoms. The number of aromatic nitrogens is 6. The molecule has 0 bridgehead atoms. The summed E-state index contributed by atoms with van der Waals surface area (Å²) in [6.07, 6.45) is 6.17. The van der Waals surface area contributed by atoms with Gasteiger partial charge in [0.1, 0.15) is 35.9 Å². The molecule has 42 heavy (non-hydrogen) atoms. The quantitative estimate of drug-likeness (QED) is 0.279. The number of ether oxygens (including phenoxy) is 3. The van der Waals surface area contributed by atoms with E-state index in [9.17, 15) is 4.79 Å². The Bertz CT molecular complexity index is 1550. The van der Waals surface area contributed by atoms with E-state index in [1.54, 1.807) is 4.90 Å². The molecule has 13 heteroatoms. The lowest BCUT2D eigenvalue weighted by Crippen LogP contribution is -2.39. The van der Waals surface area contributed by atoms with Gasteiger partial charge in [-0.1, -0.05) is 11.2 Å². The number of likely N-dealkylation sites (tertiary alicyclic amines) is 1. The molecular formula is C29H36N8O5. The molecule has 2 aliphatic rings. The van der Waals surface area contributed by atoms with Crippen LogP contribution in [0, 0.1) is 0 Å². The predicted octanol–water partition coefficient (Wildman–Crippen LogP) is 4.52. The first-order valence-electron chi connectivity index (χ1n) is 14.3. The predicted molar refractivity (Wildman–Crippen MR) is 154 cm³/mol. The van der Waals surface area contributed by atoms with Crippen LogP contribution in [0.2, 0.25) is 0 Å². The number of pyridine rings is 1. The van der Waals surface area contributed by atoms with Gasteiger partial charge in [-0.3, -0.25) is 4.98 Å². The number of hydrogen-bond donors (Lipinski definition) is 1. The second kappa shape index (κ2) is 11.6. The van der Waals surface area contributed by atoms with Crippen LogP contribution in [0.4, 0.5) is 10.6 Å². The standard InChI is InChI=1S/C29H36N8O5/c1-16(2)37-28-23(27(30)32-15-33-28)24(34-37)25-22(26(42-35-25)18-5-6-18)20-8-7-19(13-31-20)17-9-11-36(12-10-17)29(38)41-14-21(39-3)40-4/h7-8,13,15-18,21H,5-6,9-12,14H2,1-4H3,(H2,30,32,33). The number of nitrogens with two attached hydrogens (primary N) is 1. The highest BCUT2D eigenvalue weighted by atomic mass is 16.7. The average Bonchev–Trinajstić information content (AvgIpc) is 3.63. The fraction of sp³-hybridized carbons (Fsp3) is 0.517. The summed E-state index contributed by atoms with van der Waals surface area (Å²) in [7, 11) is 3.02. The third-order valence-electron chi connectivity index (χ3n) is 8.03. The summed E-state index contributed by atoms with van der Waals surface area (Å²) in [6.45, 7) is 5.34. The highest BCUT2D eigenvalue weighted by Gasteiger charge is 2.35. The molecule has 222 valence electrons. The first kappa shape index (κ1) is 28.0. The Kier molecular flexibility index (Phi) is 7.78. The molecule has 1 aliphatic carbocycles. The number of anilines is 1. The molecule has 6 rings (SSSR count). The van der Waals surface area contributed by atoms with Gasteiger partial charge in [0.2, 0.25) is 0 Å². The van der Waals surface area contributed by atoms with Crippen LogP contribution in [0.3, 0.4) is 0 Å². The van der Waals surface area contributed by atoms with Crippen molar-refractivity contribution >= 4 is 22.9 Å². The van der Waals surface area contributed by atoms with E-state index in [1.807, 2.05) is 30.8 Å². The molecule has 1 aliphatic heterocycles. The minimum absolute atomic E-state index is 0.0535. The summed E-state index contributed by atoms with van der Waals surface area (Å²) in [4.78, 5) is 27.8. The molecule has 2 N–H and O–H groups in total. The number of rotatable bonds is 9. The van der Waals surface area contributed by atoms with E-state index < -0.39 is 6.29 Å². The first-order chi connectivity index (χ1) is 20.4. The molecule has 0 radical (unpaired) electrons. The van der Waals surface area contributed by atoms with Crippen molar-refractivity contribution in [1.29, 1.82) is 0 Å². The third kappa shape index (κ3) is 5.29. The summed E-state index contributed by atoms with van der Waals surface area (Å²) in [6, 6.07) is 4.19. The van der Waals surface area contributed by atoms with E-state index >= 15 is 0 Å². The monoisotopic (exact) mass is 576 g/mol. The van der Waals surface area contributed by atoms with Crippen LogP contribution >= 0.6 is 0 Å². The van der Waals surface area contributed by atoms with Crippen molar-refractivity contribution in [1.82, 2.24) is 34.8 Å². The van der Waals surface area contributed by atoms with Gasteiger partial charge in [0.15, 0.2) is 11.9 Å². The van der Waals surface area contributed by atoms with Gasteiger partial charge in [-0.15, -0.1) is 0 Å². The van der Waals surface area contributed by atoms with Crippen molar-refractivity contribution < 1.29 is 23.5 Å². The maximum atomic E-state index is 12.5. The number of hydrogen-bond acceptors (Lipinski definition) is 11. The van der Waals surface area contributed by atoms with Crippen LogP contribution in [-0.4, -0.2) is 81.1 Å². The summed E-state index contributed by atoms with van der Waals surface area (Å²) >= 11 is 0. The lowest BCUT2D eigenvalue weighted by atomic mass is 9.90. The topological polar surface area (TPSA) is 157 Å². The average molecular weight is 577 g/mol. The number of carbonyl (C=O) groups excluding carboxylic acids is 1. The number of nitrogen functional groups attached to an aromatic ring is 1. The zero-order chi connectivity index (χ0) is 29.4. The number of fused-ring (bicyclic) bond motifs is 1. The van der Waals surface area contributed by atoms with Crippen LogP contribution in [-0.2, 0) is 14.2 Å². The minimum atomic E-state index is -0.572. The molecule has 5 heterocycles. The number of carbonyl (C=O) groups is 1. The Balaban J connectivity index is 1.23. The largest absolute Gasteiger partial charge is 0.444 e. The van der Waals surface area contributed by atoms with E-state index in [-0.39, 0.29) is 24.7 Å². The van der Waals surface area contributed by atoms with Crippen molar-refractivity contribution in [3.8, 4) is 22.6 Å². The summed E-state index contributed by atoms with van der Waals surface area (Å²) in [5.74, 6) is 1.76. The zero-order valence-corrected chi connectivity index (χ0v) is 24.3. The highest BCUT2D eigenvalue weighted by molar-refractivity contribution is 6.00. The lowest BCUT2D eigenvalue weighted by molar-refractivity contribution is -0.130. The van der Waals surface area contributed by atoms with Crippen molar-refractivity contribution in [2.24, 2.45) is 0 Å². The molecule has 1 saturated heterocycles. The highest BCUT2D eigenvalue weighted by Crippen LogP contribution is 2.48. The van der Waals surface area contributed by atoms with E-state index in [1.165, 1.54) is 20.5 Å². The van der Waals surface area contributed by atoms with E-state index in [2.05, 4.69) is 21.2 Å². The van der Waals surface area contributed by atoms with Gasteiger partial charge < -0.3 is 29.4 Å². The molecule has 0 aromatic carbocycles. The maximum absolute atomic E-state index is 12.5. The summed E-state index contributed by atoms with van der Waals surface area (Å²) in [5.41, 5.74) is 10.9. The Morgan fingerprint density at radius 3 is 2.45 bits per heavy atom. The fourth-order valence-electron chi connectivity index (χ4n) is 5.51. The number of methoxy groups -OCH3 is 2. The van der Waals surface area contributed by atoms with Crippen LogP contribution in [0.5, 0.6) is 0 Å². The molecule has 4 aromatic heterocycles. The van der Waals surface area contributed by atoms with E-state index in [4.69, 9.17) is 34.6 Å². The Hall–Kier alpha value is -4.10. The lowest BCUT2D eigenvalue weighted by Gasteiger charge is -2.31. The summed E-state index contributed by atoms with van der Waals surface area (Å²) < 4.78 is 23.3. The first-order valence-corrected chi connectivity index (χ1v) is 14.3. The van der Waals surface area contributed by atoms with Crippen LogP contribution < -0.4 is 5.73 Å². The fourth-order valence-corrected chi connectivity index (χ4v) is 5.51. The van der Waals surface area contributed by atoms with Crippen LogP contribution in [0.1, 0.15) is 68.7 Å². The van der Waals surface area contributed by atoms with Gasteiger partial charge in [0.05, 0.1) is 16.6 Å². The molecule has 13 nitrogen and oxygen atoms in total. The molecule has 0 unspecified atom stereocenters. The number of nitrogens with zero attached hydrogens (tertiary/aromatic N) is 7.